The van der Waals surface area contributed by atoms with Gasteiger partial charge in [-0.05, 0) is 25.5 Å². The molecule has 1 N–H and O–H groups in total. The molecule has 0 aliphatic rings. The van der Waals surface area contributed by atoms with Crippen LogP contribution >= 0.6 is 0 Å². The molecule has 0 aliphatic carbocycles. The van der Waals surface area contributed by atoms with Crippen molar-refractivity contribution in [1.82, 2.24) is 0 Å². The summed E-state index contributed by atoms with van der Waals surface area (Å²) in [6, 6.07) is 3.84. The summed E-state index contributed by atoms with van der Waals surface area (Å²) < 4.78 is 40.4. The summed E-state index contributed by atoms with van der Waals surface area (Å²) in [5, 5.41) is 11.8. The van der Waals surface area contributed by atoms with E-state index >= 15 is 0 Å². The summed E-state index contributed by atoms with van der Waals surface area (Å²) in [7, 11) is -3.04. The fraction of sp³-hybridized carbons (Fsp3) is 0.417. The molecule has 0 unspecified atom stereocenters. The van der Waals surface area contributed by atoms with Crippen molar-refractivity contribution in [3.8, 4) is 5.75 Å². The maximum atomic E-state index is 13.1. The highest BCUT2D eigenvalue weighted by molar-refractivity contribution is 7.90. The number of halogens is 1. The van der Waals surface area contributed by atoms with E-state index in [9.17, 15) is 12.8 Å². The van der Waals surface area contributed by atoms with E-state index in [0.717, 1.165) is 6.26 Å². The molecule has 0 radical (unpaired) electrons. The van der Waals surface area contributed by atoms with Gasteiger partial charge in [0, 0.05) is 17.9 Å². The van der Waals surface area contributed by atoms with E-state index in [1.54, 1.807) is 6.92 Å². The predicted octanol–water partition coefficient (Wildman–Crippen LogP) is 1.84. The summed E-state index contributed by atoms with van der Waals surface area (Å²) in [5.74, 6) is -0.249. The zero-order valence-electron chi connectivity index (χ0n) is 10.8. The summed E-state index contributed by atoms with van der Waals surface area (Å²) in [4.78, 5) is 0. The highest BCUT2D eigenvalue weighted by atomic mass is 32.2. The van der Waals surface area contributed by atoms with Crippen molar-refractivity contribution in [2.75, 3.05) is 18.6 Å². The van der Waals surface area contributed by atoms with Crippen LogP contribution in [0.4, 0.5) is 4.39 Å². The van der Waals surface area contributed by atoms with Gasteiger partial charge in [0.1, 0.15) is 21.4 Å². The first kappa shape index (κ1) is 15.4. The number of sulfone groups is 1. The van der Waals surface area contributed by atoms with Gasteiger partial charge in [0.2, 0.25) is 0 Å². The lowest BCUT2D eigenvalue weighted by Crippen LogP contribution is -2.09. The first-order chi connectivity index (χ1) is 8.83. The molecule has 0 aromatic heterocycles. The van der Waals surface area contributed by atoms with Crippen LogP contribution in [-0.2, 0) is 9.84 Å². The van der Waals surface area contributed by atoms with Crippen molar-refractivity contribution in [2.24, 2.45) is 5.16 Å². The minimum Gasteiger partial charge on any atom is -0.493 e. The fourth-order valence-corrected chi connectivity index (χ4v) is 2.11. The van der Waals surface area contributed by atoms with Gasteiger partial charge in [-0.15, -0.1) is 0 Å². The van der Waals surface area contributed by atoms with Gasteiger partial charge in [-0.1, -0.05) is 5.16 Å². The monoisotopic (exact) mass is 289 g/mol. The Morgan fingerprint density at radius 3 is 2.74 bits per heavy atom. The topological polar surface area (TPSA) is 76.0 Å². The second-order valence-electron chi connectivity index (χ2n) is 4.16. The molecule has 0 heterocycles. The molecule has 0 amide bonds. The van der Waals surface area contributed by atoms with Crippen molar-refractivity contribution in [1.29, 1.82) is 0 Å². The molecule has 0 saturated heterocycles. The van der Waals surface area contributed by atoms with Crippen LogP contribution in [-0.4, -0.2) is 38.0 Å². The van der Waals surface area contributed by atoms with Crippen molar-refractivity contribution in [2.45, 2.75) is 13.3 Å². The van der Waals surface area contributed by atoms with Gasteiger partial charge in [0.15, 0.2) is 0 Å². The lowest BCUT2D eigenvalue weighted by atomic mass is 10.1. The molecular formula is C12H16FNO4S. The molecule has 0 atom stereocenters. The number of nitrogens with zero attached hydrogens (tertiary/aromatic N) is 1. The van der Waals surface area contributed by atoms with Crippen LogP contribution in [0.3, 0.4) is 0 Å². The average Bonchev–Trinajstić information content (AvgIpc) is 2.33. The Labute approximate surface area is 111 Å². The quantitative estimate of drug-likeness (QED) is 0.375. The van der Waals surface area contributed by atoms with Gasteiger partial charge in [0.25, 0.3) is 0 Å². The number of hydrogen-bond donors (Lipinski definition) is 1. The second kappa shape index (κ2) is 6.51. The molecule has 1 aromatic carbocycles. The van der Waals surface area contributed by atoms with Crippen LogP contribution in [0.2, 0.25) is 0 Å². The number of rotatable bonds is 6. The van der Waals surface area contributed by atoms with Crippen LogP contribution in [0.1, 0.15) is 18.9 Å². The Bertz CT molecular complexity index is 569. The highest BCUT2D eigenvalue weighted by Crippen LogP contribution is 2.21. The minimum atomic E-state index is -3.04. The second-order valence-corrected chi connectivity index (χ2v) is 6.42. The van der Waals surface area contributed by atoms with E-state index in [-0.39, 0.29) is 23.8 Å². The van der Waals surface area contributed by atoms with Crippen LogP contribution in [0.15, 0.2) is 23.4 Å². The fourth-order valence-electron chi connectivity index (χ4n) is 1.47. The zero-order chi connectivity index (χ0) is 14.5. The summed E-state index contributed by atoms with van der Waals surface area (Å²) in [6.45, 7) is 1.69. The molecule has 0 aliphatic heterocycles. The first-order valence-electron chi connectivity index (χ1n) is 5.62. The molecule has 0 saturated carbocycles. The van der Waals surface area contributed by atoms with Gasteiger partial charge in [-0.3, -0.25) is 0 Å². The molecule has 19 heavy (non-hydrogen) atoms. The number of oxime groups is 1. The van der Waals surface area contributed by atoms with Crippen molar-refractivity contribution >= 4 is 15.5 Å². The molecule has 0 fully saturated rings. The van der Waals surface area contributed by atoms with E-state index in [2.05, 4.69) is 5.16 Å². The highest BCUT2D eigenvalue weighted by Gasteiger charge is 2.09. The third-order valence-electron chi connectivity index (χ3n) is 2.40. The Hall–Kier alpha value is -1.63. The van der Waals surface area contributed by atoms with Crippen LogP contribution in [0.25, 0.3) is 0 Å². The third kappa shape index (κ3) is 5.25. The number of benzene rings is 1. The maximum absolute atomic E-state index is 13.1. The number of hydrogen-bond acceptors (Lipinski definition) is 5. The van der Waals surface area contributed by atoms with Crippen LogP contribution in [0, 0.1) is 5.82 Å². The summed E-state index contributed by atoms with van der Waals surface area (Å²) >= 11 is 0. The normalized spacial score (nSPS) is 12.5. The summed E-state index contributed by atoms with van der Waals surface area (Å²) in [6.07, 6.45) is 1.45. The van der Waals surface area contributed by atoms with Gasteiger partial charge < -0.3 is 9.94 Å². The van der Waals surface area contributed by atoms with Gasteiger partial charge >= 0.3 is 0 Å². The van der Waals surface area contributed by atoms with Crippen molar-refractivity contribution in [3.05, 3.63) is 29.6 Å². The number of ether oxygens (including phenoxy) is 1. The van der Waals surface area contributed by atoms with E-state index < -0.39 is 15.7 Å². The molecule has 0 spiro atoms. The van der Waals surface area contributed by atoms with Gasteiger partial charge in [0.05, 0.1) is 18.1 Å². The molecule has 106 valence electrons. The van der Waals surface area contributed by atoms with E-state index in [0.29, 0.717) is 12.0 Å². The molecular weight excluding hydrogens is 273 g/mol. The lowest BCUT2D eigenvalue weighted by Gasteiger charge is -2.10. The molecule has 5 nitrogen and oxygen atoms in total. The van der Waals surface area contributed by atoms with Crippen molar-refractivity contribution in [3.63, 3.8) is 0 Å². The van der Waals surface area contributed by atoms with E-state index in [1.165, 1.54) is 18.2 Å². The zero-order valence-corrected chi connectivity index (χ0v) is 11.6. The van der Waals surface area contributed by atoms with Crippen molar-refractivity contribution < 1.29 is 22.8 Å². The largest absolute Gasteiger partial charge is 0.493 e. The lowest BCUT2D eigenvalue weighted by molar-refractivity contribution is 0.311. The Kier molecular flexibility index (Phi) is 5.29. The smallest absolute Gasteiger partial charge is 0.147 e. The molecule has 1 rings (SSSR count). The molecule has 1 aromatic rings. The first-order valence-corrected chi connectivity index (χ1v) is 7.68. The SMILES string of the molecule is CC(=NO)c1ccc(F)cc1OCCCS(C)(=O)=O. The summed E-state index contributed by atoms with van der Waals surface area (Å²) in [5.41, 5.74) is 0.751. The van der Waals surface area contributed by atoms with E-state index in [4.69, 9.17) is 9.94 Å². The third-order valence-corrected chi connectivity index (χ3v) is 3.43. The van der Waals surface area contributed by atoms with Crippen LogP contribution in [0.5, 0.6) is 5.75 Å². The van der Waals surface area contributed by atoms with Gasteiger partial charge in [-0.2, -0.15) is 0 Å². The predicted molar refractivity (Wildman–Crippen MR) is 70.2 cm³/mol. The molecule has 7 heteroatoms. The molecule has 0 bridgehead atoms. The maximum Gasteiger partial charge on any atom is 0.147 e. The van der Waals surface area contributed by atoms with Crippen LogP contribution < -0.4 is 4.74 Å². The Morgan fingerprint density at radius 2 is 2.16 bits per heavy atom. The Balaban J connectivity index is 2.74. The minimum absolute atomic E-state index is 0.00468. The van der Waals surface area contributed by atoms with E-state index in [1.807, 2.05) is 0 Å². The Morgan fingerprint density at radius 1 is 1.47 bits per heavy atom. The average molecular weight is 289 g/mol. The van der Waals surface area contributed by atoms with Gasteiger partial charge in [-0.25, -0.2) is 12.8 Å². The standard InChI is InChI=1S/C12H16FNO4S/c1-9(14-15)11-5-4-10(13)8-12(11)18-6-3-7-19(2,16)17/h4-5,8,15H,3,6-7H2,1-2H3.